The molecule has 0 aliphatic carbocycles. The van der Waals surface area contributed by atoms with Crippen molar-refractivity contribution < 1.29 is 0 Å². The van der Waals surface area contributed by atoms with Crippen LogP contribution in [0.4, 0.5) is 0 Å². The van der Waals surface area contributed by atoms with Gasteiger partial charge in [-0.05, 0) is 29.5 Å². The summed E-state index contributed by atoms with van der Waals surface area (Å²) in [5.41, 5.74) is 2.82. The molecule has 0 bridgehead atoms. The zero-order chi connectivity index (χ0) is 10.6. The maximum absolute atomic E-state index is 5.89. The second kappa shape index (κ2) is 5.79. The average Bonchev–Trinajstić information content (AvgIpc) is 2.16. The summed E-state index contributed by atoms with van der Waals surface area (Å²) >= 11 is 11.8. The van der Waals surface area contributed by atoms with Crippen LogP contribution in [-0.4, -0.2) is 7.42 Å². The van der Waals surface area contributed by atoms with Crippen LogP contribution < -0.4 is 0 Å². The number of halogens is 2. The number of rotatable bonds is 4. The molecule has 0 aromatic heterocycles. The van der Waals surface area contributed by atoms with Gasteiger partial charge in [-0.25, -0.2) is 0 Å². The van der Waals surface area contributed by atoms with Crippen LogP contribution in [0.15, 0.2) is 24.3 Å². The fourth-order valence-corrected chi connectivity index (χ4v) is 3.75. The fourth-order valence-electron chi connectivity index (χ4n) is 1.68. The van der Waals surface area contributed by atoms with Crippen LogP contribution >= 0.6 is 22.2 Å². The molecule has 0 heterocycles. The van der Waals surface area contributed by atoms with E-state index in [0.29, 0.717) is 5.92 Å². The minimum atomic E-state index is -1.16. The highest BCUT2D eigenvalue weighted by Crippen LogP contribution is 2.26. The SMILES string of the molecule is CCc1ccccc1C(C)C[Si](Cl)Cl. The summed E-state index contributed by atoms with van der Waals surface area (Å²) in [5.74, 6) is 0.482. The maximum Gasteiger partial charge on any atom is 0.274 e. The van der Waals surface area contributed by atoms with E-state index in [1.807, 2.05) is 0 Å². The molecule has 1 aromatic rings. The minimum Gasteiger partial charge on any atom is -0.147 e. The molecule has 3 heteroatoms. The van der Waals surface area contributed by atoms with Crippen LogP contribution in [0.3, 0.4) is 0 Å². The fraction of sp³-hybridized carbons (Fsp3) is 0.455. The molecule has 77 valence electrons. The van der Waals surface area contributed by atoms with Gasteiger partial charge in [0.05, 0.1) is 0 Å². The summed E-state index contributed by atoms with van der Waals surface area (Å²) < 4.78 is 0. The summed E-state index contributed by atoms with van der Waals surface area (Å²) in [4.78, 5) is 0. The first kappa shape index (κ1) is 12.1. The first-order chi connectivity index (χ1) is 6.65. The van der Waals surface area contributed by atoms with Gasteiger partial charge >= 0.3 is 0 Å². The average molecular weight is 246 g/mol. The lowest BCUT2D eigenvalue weighted by Gasteiger charge is -2.15. The molecule has 1 unspecified atom stereocenters. The summed E-state index contributed by atoms with van der Waals surface area (Å²) in [6.07, 6.45) is 1.08. The molecule has 0 aliphatic rings. The monoisotopic (exact) mass is 245 g/mol. The van der Waals surface area contributed by atoms with Gasteiger partial charge in [0.2, 0.25) is 0 Å². The quantitative estimate of drug-likeness (QED) is 0.548. The molecule has 0 nitrogen and oxygen atoms in total. The zero-order valence-corrected chi connectivity index (χ0v) is 11.1. The van der Waals surface area contributed by atoms with Crippen LogP contribution in [-0.2, 0) is 6.42 Å². The minimum absolute atomic E-state index is 0.482. The highest BCUT2D eigenvalue weighted by atomic mass is 35.7. The lowest BCUT2D eigenvalue weighted by atomic mass is 9.96. The van der Waals surface area contributed by atoms with Crippen molar-refractivity contribution in [3.05, 3.63) is 35.4 Å². The Bertz CT molecular complexity index is 286. The van der Waals surface area contributed by atoms with E-state index in [1.54, 1.807) is 0 Å². The van der Waals surface area contributed by atoms with E-state index in [0.717, 1.165) is 12.5 Å². The Morgan fingerprint density at radius 3 is 2.50 bits per heavy atom. The van der Waals surface area contributed by atoms with Crippen molar-refractivity contribution in [1.29, 1.82) is 0 Å². The van der Waals surface area contributed by atoms with Crippen LogP contribution in [0.25, 0.3) is 0 Å². The Balaban J connectivity index is 2.82. The predicted octanol–water partition coefficient (Wildman–Crippen LogP) is 4.32. The van der Waals surface area contributed by atoms with Crippen molar-refractivity contribution in [3.8, 4) is 0 Å². The van der Waals surface area contributed by atoms with Crippen molar-refractivity contribution in [1.82, 2.24) is 0 Å². The first-order valence-electron chi connectivity index (χ1n) is 4.89. The second-order valence-corrected chi connectivity index (χ2v) is 7.90. The molecule has 0 spiro atoms. The van der Waals surface area contributed by atoms with Gasteiger partial charge in [0.15, 0.2) is 0 Å². The van der Waals surface area contributed by atoms with Crippen LogP contribution in [0, 0.1) is 0 Å². The third-order valence-corrected chi connectivity index (χ3v) is 4.27. The summed E-state index contributed by atoms with van der Waals surface area (Å²) in [5, 5.41) is 0. The molecule has 0 aliphatic heterocycles. The zero-order valence-electron chi connectivity index (χ0n) is 8.56. The van der Waals surface area contributed by atoms with Gasteiger partial charge in [-0.15, -0.1) is 22.2 Å². The highest BCUT2D eigenvalue weighted by molar-refractivity contribution is 7.33. The van der Waals surface area contributed by atoms with Crippen molar-refractivity contribution in [2.75, 3.05) is 0 Å². The van der Waals surface area contributed by atoms with Gasteiger partial charge in [0, 0.05) is 0 Å². The topological polar surface area (TPSA) is 0 Å². The van der Waals surface area contributed by atoms with Crippen LogP contribution in [0.2, 0.25) is 6.04 Å². The van der Waals surface area contributed by atoms with Gasteiger partial charge in [-0.3, -0.25) is 0 Å². The Labute approximate surface area is 97.3 Å². The lowest BCUT2D eigenvalue weighted by molar-refractivity contribution is 0.839. The van der Waals surface area contributed by atoms with Gasteiger partial charge in [-0.2, -0.15) is 0 Å². The van der Waals surface area contributed by atoms with E-state index < -0.39 is 7.42 Å². The van der Waals surface area contributed by atoms with Crippen LogP contribution in [0.1, 0.15) is 30.9 Å². The molecule has 1 aromatic carbocycles. The van der Waals surface area contributed by atoms with Crippen molar-refractivity contribution in [2.45, 2.75) is 32.2 Å². The molecule has 0 N–H and O–H groups in total. The Kier molecular flexibility index (Phi) is 5.00. The largest absolute Gasteiger partial charge is 0.274 e. The lowest BCUT2D eigenvalue weighted by Crippen LogP contribution is -2.03. The van der Waals surface area contributed by atoms with Gasteiger partial charge in [0.25, 0.3) is 7.42 Å². The smallest absolute Gasteiger partial charge is 0.147 e. The molecular formula is C11H15Cl2Si. The molecule has 0 fully saturated rings. The van der Waals surface area contributed by atoms with E-state index in [-0.39, 0.29) is 0 Å². The van der Waals surface area contributed by atoms with Crippen molar-refractivity contribution in [2.24, 2.45) is 0 Å². The number of hydrogen-bond donors (Lipinski definition) is 0. The molecule has 0 saturated heterocycles. The summed E-state index contributed by atoms with van der Waals surface area (Å²) in [6, 6.07) is 9.45. The maximum atomic E-state index is 5.89. The van der Waals surface area contributed by atoms with Gasteiger partial charge in [-0.1, -0.05) is 38.1 Å². The molecular weight excluding hydrogens is 231 g/mol. The highest BCUT2D eigenvalue weighted by Gasteiger charge is 2.14. The molecule has 0 saturated carbocycles. The van der Waals surface area contributed by atoms with E-state index in [9.17, 15) is 0 Å². The second-order valence-electron chi connectivity index (χ2n) is 3.50. The Morgan fingerprint density at radius 1 is 1.29 bits per heavy atom. The number of aryl methyl sites for hydroxylation is 1. The van der Waals surface area contributed by atoms with Crippen molar-refractivity contribution in [3.63, 3.8) is 0 Å². The molecule has 1 rings (SSSR count). The molecule has 0 amide bonds. The van der Waals surface area contributed by atoms with Gasteiger partial charge in [0.1, 0.15) is 0 Å². The third kappa shape index (κ3) is 3.30. The predicted molar refractivity (Wildman–Crippen MR) is 66.5 cm³/mol. The molecule has 1 atom stereocenters. The summed E-state index contributed by atoms with van der Waals surface area (Å²) in [7, 11) is -1.16. The summed E-state index contributed by atoms with van der Waals surface area (Å²) in [6.45, 7) is 4.38. The van der Waals surface area contributed by atoms with Gasteiger partial charge < -0.3 is 0 Å². The Morgan fingerprint density at radius 2 is 1.93 bits per heavy atom. The van der Waals surface area contributed by atoms with E-state index in [2.05, 4.69) is 38.1 Å². The van der Waals surface area contributed by atoms with E-state index in [4.69, 9.17) is 22.2 Å². The third-order valence-electron chi connectivity index (χ3n) is 2.43. The molecule has 14 heavy (non-hydrogen) atoms. The van der Waals surface area contributed by atoms with Crippen molar-refractivity contribution >= 4 is 29.6 Å². The standard InChI is InChI=1S/C11H15Cl2Si/c1-3-10-6-4-5-7-11(10)9(2)8-14(12)13/h4-7,9H,3,8H2,1-2H3. The van der Waals surface area contributed by atoms with E-state index >= 15 is 0 Å². The normalized spacial score (nSPS) is 13.2. The van der Waals surface area contributed by atoms with Crippen LogP contribution in [0.5, 0.6) is 0 Å². The number of benzene rings is 1. The number of hydrogen-bond acceptors (Lipinski definition) is 0. The first-order valence-corrected chi connectivity index (χ1v) is 8.62. The van der Waals surface area contributed by atoms with E-state index in [1.165, 1.54) is 11.1 Å². The molecule has 1 radical (unpaired) electrons. The Hall–Kier alpha value is 0.0169.